The third-order valence-electron chi connectivity index (χ3n) is 1.50. The van der Waals surface area contributed by atoms with Crippen molar-refractivity contribution in [2.75, 3.05) is 20.3 Å². The normalized spacial score (nSPS) is 12.8. The van der Waals surface area contributed by atoms with Gasteiger partial charge in [0.1, 0.15) is 11.1 Å². The summed E-state index contributed by atoms with van der Waals surface area (Å²) < 4.78 is 10.3. The zero-order chi connectivity index (χ0) is 9.40. The van der Waals surface area contributed by atoms with Crippen LogP contribution in [0.25, 0.3) is 0 Å². The molecule has 4 heteroatoms. The van der Waals surface area contributed by atoms with E-state index >= 15 is 0 Å². The van der Waals surface area contributed by atoms with Crippen molar-refractivity contribution < 1.29 is 9.47 Å². The molecular formula is C8H17NO2S. The van der Waals surface area contributed by atoms with Gasteiger partial charge in [0.05, 0.1) is 0 Å². The van der Waals surface area contributed by atoms with E-state index in [1.807, 2.05) is 6.92 Å². The minimum absolute atomic E-state index is 0.0724. The average molecular weight is 191 g/mol. The van der Waals surface area contributed by atoms with Crippen molar-refractivity contribution in [1.82, 2.24) is 0 Å². The Hall–Kier alpha value is -0.190. The SMILES string of the molecule is CCC(OCCCOC)C(N)=S. The van der Waals surface area contributed by atoms with Crippen molar-refractivity contribution in [1.29, 1.82) is 0 Å². The van der Waals surface area contributed by atoms with Crippen molar-refractivity contribution in [3.05, 3.63) is 0 Å². The standard InChI is InChI=1S/C8H17NO2S/c1-3-7(8(9)12)11-6-4-5-10-2/h7H,3-6H2,1-2H3,(H2,9,12). The van der Waals surface area contributed by atoms with Crippen LogP contribution >= 0.6 is 12.2 Å². The van der Waals surface area contributed by atoms with Gasteiger partial charge in [-0.1, -0.05) is 19.1 Å². The Kier molecular flexibility index (Phi) is 7.34. The number of methoxy groups -OCH3 is 1. The van der Waals surface area contributed by atoms with Crippen LogP contribution in [-0.4, -0.2) is 31.4 Å². The minimum Gasteiger partial charge on any atom is -0.391 e. The van der Waals surface area contributed by atoms with Crippen molar-refractivity contribution in [2.45, 2.75) is 25.9 Å². The molecule has 0 aliphatic heterocycles. The summed E-state index contributed by atoms with van der Waals surface area (Å²) in [5.74, 6) is 0. The summed E-state index contributed by atoms with van der Waals surface area (Å²) in [4.78, 5) is 0.440. The highest BCUT2D eigenvalue weighted by atomic mass is 32.1. The van der Waals surface area contributed by atoms with E-state index < -0.39 is 0 Å². The van der Waals surface area contributed by atoms with Crippen LogP contribution in [0.15, 0.2) is 0 Å². The summed E-state index contributed by atoms with van der Waals surface area (Å²) >= 11 is 4.82. The fourth-order valence-corrected chi connectivity index (χ4v) is 1.06. The lowest BCUT2D eigenvalue weighted by molar-refractivity contribution is 0.0749. The highest BCUT2D eigenvalue weighted by Crippen LogP contribution is 1.99. The number of nitrogens with two attached hydrogens (primary N) is 1. The lowest BCUT2D eigenvalue weighted by atomic mass is 10.3. The largest absolute Gasteiger partial charge is 0.391 e. The van der Waals surface area contributed by atoms with E-state index in [-0.39, 0.29) is 6.10 Å². The zero-order valence-corrected chi connectivity index (χ0v) is 8.52. The van der Waals surface area contributed by atoms with Gasteiger partial charge in [-0.3, -0.25) is 0 Å². The predicted octanol–water partition coefficient (Wildman–Crippen LogP) is 1.10. The monoisotopic (exact) mass is 191 g/mol. The second kappa shape index (κ2) is 7.46. The van der Waals surface area contributed by atoms with Gasteiger partial charge in [-0.2, -0.15) is 0 Å². The summed E-state index contributed by atoms with van der Waals surface area (Å²) in [7, 11) is 1.67. The van der Waals surface area contributed by atoms with Crippen molar-refractivity contribution in [2.24, 2.45) is 5.73 Å². The van der Waals surface area contributed by atoms with Gasteiger partial charge in [0.2, 0.25) is 0 Å². The molecule has 0 bridgehead atoms. The van der Waals surface area contributed by atoms with Crippen LogP contribution in [-0.2, 0) is 9.47 Å². The first kappa shape index (κ1) is 11.8. The van der Waals surface area contributed by atoms with Crippen molar-refractivity contribution in [3.8, 4) is 0 Å². The van der Waals surface area contributed by atoms with Crippen LogP contribution in [0.4, 0.5) is 0 Å². The molecule has 1 unspecified atom stereocenters. The summed E-state index contributed by atoms with van der Waals surface area (Å²) in [6, 6.07) is 0. The molecule has 0 saturated carbocycles. The summed E-state index contributed by atoms with van der Waals surface area (Å²) in [6.45, 7) is 3.37. The molecule has 0 spiro atoms. The molecule has 0 heterocycles. The van der Waals surface area contributed by atoms with Crippen molar-refractivity contribution >= 4 is 17.2 Å². The summed E-state index contributed by atoms with van der Waals surface area (Å²) in [5.41, 5.74) is 5.44. The molecule has 0 aromatic heterocycles. The van der Waals surface area contributed by atoms with E-state index in [9.17, 15) is 0 Å². The maximum atomic E-state index is 5.44. The van der Waals surface area contributed by atoms with Crippen LogP contribution in [0.2, 0.25) is 0 Å². The number of hydrogen-bond donors (Lipinski definition) is 1. The molecular weight excluding hydrogens is 174 g/mol. The van der Waals surface area contributed by atoms with E-state index in [0.717, 1.165) is 12.8 Å². The quantitative estimate of drug-likeness (QED) is 0.483. The Morgan fingerprint density at radius 3 is 2.58 bits per heavy atom. The Morgan fingerprint density at radius 1 is 1.50 bits per heavy atom. The van der Waals surface area contributed by atoms with E-state index in [1.165, 1.54) is 0 Å². The molecule has 0 radical (unpaired) electrons. The van der Waals surface area contributed by atoms with E-state index in [2.05, 4.69) is 0 Å². The molecule has 72 valence electrons. The first-order valence-corrected chi connectivity index (χ1v) is 4.53. The Balaban J connectivity index is 3.38. The molecule has 0 rings (SSSR count). The molecule has 3 nitrogen and oxygen atoms in total. The maximum absolute atomic E-state index is 5.44. The van der Waals surface area contributed by atoms with Gasteiger partial charge in [0, 0.05) is 20.3 Å². The van der Waals surface area contributed by atoms with Crippen LogP contribution in [0.5, 0.6) is 0 Å². The van der Waals surface area contributed by atoms with Gasteiger partial charge in [0.15, 0.2) is 0 Å². The Labute approximate surface area is 79.2 Å². The molecule has 0 aliphatic rings. The fourth-order valence-electron chi connectivity index (χ4n) is 0.830. The summed E-state index contributed by atoms with van der Waals surface area (Å²) in [5, 5.41) is 0. The fraction of sp³-hybridized carbons (Fsp3) is 0.875. The van der Waals surface area contributed by atoms with Crippen LogP contribution in [0, 0.1) is 0 Å². The molecule has 2 N–H and O–H groups in total. The number of hydrogen-bond acceptors (Lipinski definition) is 3. The number of rotatable bonds is 7. The third kappa shape index (κ3) is 5.46. The van der Waals surface area contributed by atoms with Gasteiger partial charge in [-0.05, 0) is 12.8 Å². The summed E-state index contributed by atoms with van der Waals surface area (Å²) in [6.07, 6.45) is 1.65. The lowest BCUT2D eigenvalue weighted by Crippen LogP contribution is -2.29. The minimum atomic E-state index is -0.0724. The molecule has 0 fully saturated rings. The third-order valence-corrected chi connectivity index (χ3v) is 1.76. The predicted molar refractivity (Wildman–Crippen MR) is 53.3 cm³/mol. The highest BCUT2D eigenvalue weighted by molar-refractivity contribution is 7.80. The molecule has 0 amide bonds. The van der Waals surface area contributed by atoms with Crippen molar-refractivity contribution in [3.63, 3.8) is 0 Å². The van der Waals surface area contributed by atoms with Crippen LogP contribution < -0.4 is 5.73 Å². The van der Waals surface area contributed by atoms with Crippen LogP contribution in [0.1, 0.15) is 19.8 Å². The maximum Gasteiger partial charge on any atom is 0.107 e. The van der Waals surface area contributed by atoms with Gasteiger partial charge in [0.25, 0.3) is 0 Å². The smallest absolute Gasteiger partial charge is 0.107 e. The Bertz CT molecular complexity index is 130. The topological polar surface area (TPSA) is 44.5 Å². The molecule has 0 saturated heterocycles. The second-order valence-electron chi connectivity index (χ2n) is 2.52. The van der Waals surface area contributed by atoms with Gasteiger partial charge < -0.3 is 15.2 Å². The van der Waals surface area contributed by atoms with E-state index in [1.54, 1.807) is 7.11 Å². The molecule has 1 atom stereocenters. The lowest BCUT2D eigenvalue weighted by Gasteiger charge is -2.13. The first-order chi connectivity index (χ1) is 5.72. The van der Waals surface area contributed by atoms with Gasteiger partial charge in [-0.25, -0.2) is 0 Å². The van der Waals surface area contributed by atoms with Gasteiger partial charge >= 0.3 is 0 Å². The average Bonchev–Trinajstić information content (AvgIpc) is 2.04. The van der Waals surface area contributed by atoms with Gasteiger partial charge in [-0.15, -0.1) is 0 Å². The zero-order valence-electron chi connectivity index (χ0n) is 7.71. The molecule has 12 heavy (non-hydrogen) atoms. The van der Waals surface area contributed by atoms with E-state index in [0.29, 0.717) is 18.2 Å². The molecule has 0 aliphatic carbocycles. The number of ether oxygens (including phenoxy) is 2. The first-order valence-electron chi connectivity index (χ1n) is 4.12. The second-order valence-corrected chi connectivity index (χ2v) is 2.99. The van der Waals surface area contributed by atoms with Crippen LogP contribution in [0.3, 0.4) is 0 Å². The van der Waals surface area contributed by atoms with E-state index in [4.69, 9.17) is 27.4 Å². The molecule has 0 aromatic carbocycles. The Morgan fingerprint density at radius 2 is 2.17 bits per heavy atom. The highest BCUT2D eigenvalue weighted by Gasteiger charge is 2.08. The number of thiocarbonyl (C=S) groups is 1. The molecule has 0 aromatic rings.